The zero-order valence-corrected chi connectivity index (χ0v) is 16.8. The average molecular weight is 397 g/mol. The normalized spacial score (nSPS) is 35.1. The van der Waals surface area contributed by atoms with Gasteiger partial charge in [0.25, 0.3) is 0 Å². The predicted molar refractivity (Wildman–Crippen MR) is 105 cm³/mol. The van der Waals surface area contributed by atoms with E-state index in [2.05, 4.69) is 23.3 Å². The quantitative estimate of drug-likeness (QED) is 0.771. The Morgan fingerprint density at radius 2 is 2.10 bits per heavy atom. The van der Waals surface area contributed by atoms with E-state index in [0.717, 1.165) is 44.5 Å². The molecule has 3 heterocycles. The minimum absolute atomic E-state index is 0.202. The van der Waals surface area contributed by atoms with Gasteiger partial charge in [-0.15, -0.1) is 0 Å². The van der Waals surface area contributed by atoms with Gasteiger partial charge in [-0.25, -0.2) is 4.79 Å². The van der Waals surface area contributed by atoms with Crippen LogP contribution in [-0.4, -0.2) is 73.6 Å². The molecule has 3 fully saturated rings. The van der Waals surface area contributed by atoms with Crippen LogP contribution in [0.15, 0.2) is 12.1 Å². The number of Topliss-reactive ketones (excluding diaryl/α,β-unsaturated/α-hetero) is 1. The summed E-state index contributed by atoms with van der Waals surface area (Å²) in [5.41, 5.74) is 2.18. The van der Waals surface area contributed by atoms with Crippen molar-refractivity contribution in [3.8, 4) is 11.5 Å². The number of carbonyl (C=O) groups is 2. The number of nitrogens with one attached hydrogen (secondary N) is 1. The Kier molecular flexibility index (Phi) is 3.78. The van der Waals surface area contributed by atoms with Crippen molar-refractivity contribution in [1.82, 2.24) is 15.1 Å². The Morgan fingerprint density at radius 3 is 2.93 bits per heavy atom. The highest BCUT2D eigenvalue weighted by Gasteiger charge is 2.65. The van der Waals surface area contributed by atoms with Crippen LogP contribution in [0, 0.1) is 5.92 Å². The molecule has 29 heavy (non-hydrogen) atoms. The lowest BCUT2D eigenvalue weighted by molar-refractivity contribution is -0.138. The summed E-state index contributed by atoms with van der Waals surface area (Å²) in [6.45, 7) is 3.80. The van der Waals surface area contributed by atoms with Gasteiger partial charge < -0.3 is 24.6 Å². The summed E-state index contributed by atoms with van der Waals surface area (Å²) >= 11 is 0. The largest absolute Gasteiger partial charge is 0.477 e. The molecule has 7 nitrogen and oxygen atoms in total. The van der Waals surface area contributed by atoms with Crippen molar-refractivity contribution >= 4 is 11.9 Å². The maximum absolute atomic E-state index is 12.9. The third kappa shape index (κ3) is 2.31. The maximum atomic E-state index is 12.9. The molecule has 2 aliphatic carbocycles. The van der Waals surface area contributed by atoms with Crippen LogP contribution in [0.25, 0.3) is 0 Å². The van der Waals surface area contributed by atoms with Gasteiger partial charge >= 0.3 is 6.09 Å². The minimum Gasteiger partial charge on any atom is -0.477 e. The van der Waals surface area contributed by atoms with Crippen molar-refractivity contribution in [1.29, 1.82) is 0 Å². The fraction of sp³-hybridized carbons (Fsp3) is 0.636. The molecule has 1 spiro atoms. The number of benzene rings is 1. The van der Waals surface area contributed by atoms with Gasteiger partial charge in [0.2, 0.25) is 0 Å². The number of likely N-dealkylation sites (tertiary alicyclic amines) is 1. The van der Waals surface area contributed by atoms with Crippen LogP contribution >= 0.6 is 0 Å². The van der Waals surface area contributed by atoms with E-state index < -0.39 is 6.10 Å². The molecule has 2 bridgehead atoms. The number of ether oxygens (including phenoxy) is 2. The Hall–Kier alpha value is -2.12. The van der Waals surface area contributed by atoms with Gasteiger partial charge in [-0.05, 0) is 50.4 Å². The van der Waals surface area contributed by atoms with Crippen LogP contribution in [0.4, 0.5) is 4.79 Å². The summed E-state index contributed by atoms with van der Waals surface area (Å²) in [5, 5.41) is 3.24. The molecular weight excluding hydrogens is 370 g/mol. The first-order valence-corrected chi connectivity index (χ1v) is 10.8. The van der Waals surface area contributed by atoms with E-state index in [1.807, 2.05) is 6.07 Å². The molecule has 154 valence electrons. The van der Waals surface area contributed by atoms with Gasteiger partial charge in [0.1, 0.15) is 0 Å². The lowest BCUT2D eigenvalue weighted by Gasteiger charge is -2.57. The molecule has 1 saturated carbocycles. The van der Waals surface area contributed by atoms with Crippen molar-refractivity contribution in [3.05, 3.63) is 23.3 Å². The van der Waals surface area contributed by atoms with Crippen molar-refractivity contribution in [2.75, 3.05) is 39.8 Å². The molecule has 3 aliphatic heterocycles. The second-order valence-corrected chi connectivity index (χ2v) is 9.18. The first-order chi connectivity index (χ1) is 14.1. The second-order valence-electron chi connectivity index (χ2n) is 9.18. The number of piperidine rings is 1. The summed E-state index contributed by atoms with van der Waals surface area (Å²) in [7, 11) is 2.20. The molecule has 1 N–H and O–H groups in total. The molecule has 1 amide bonds. The zero-order chi connectivity index (χ0) is 19.8. The molecule has 1 aromatic rings. The Balaban J connectivity index is 1.42. The van der Waals surface area contributed by atoms with Gasteiger partial charge in [0, 0.05) is 49.6 Å². The highest BCUT2D eigenvalue weighted by molar-refractivity contribution is 5.89. The number of likely N-dealkylation sites (N-methyl/N-ethyl adjacent to an activating group) is 1. The smallest absolute Gasteiger partial charge is 0.415 e. The van der Waals surface area contributed by atoms with Crippen molar-refractivity contribution in [2.24, 2.45) is 5.92 Å². The Morgan fingerprint density at radius 1 is 1.28 bits per heavy atom. The monoisotopic (exact) mass is 397 g/mol. The Bertz CT molecular complexity index is 896. The van der Waals surface area contributed by atoms with Gasteiger partial charge in [-0.1, -0.05) is 6.07 Å². The number of rotatable bonds is 1. The van der Waals surface area contributed by atoms with Crippen molar-refractivity contribution in [2.45, 2.75) is 43.2 Å². The molecular formula is C22H27N3O4. The predicted octanol–water partition coefficient (Wildman–Crippen LogP) is 1.33. The molecule has 1 unspecified atom stereocenters. The summed E-state index contributed by atoms with van der Waals surface area (Å²) in [6.07, 6.45) is 2.65. The highest BCUT2D eigenvalue weighted by atomic mass is 16.6. The fourth-order valence-electron chi connectivity index (χ4n) is 6.60. The van der Waals surface area contributed by atoms with Crippen LogP contribution in [0.3, 0.4) is 0 Å². The standard InChI is InChI=1S/C22H27N3O4/c1-24-9-6-22-14-3-4-16(26)20(22)29-19-17(5-2-13(18(19)22)12-15(14)24)28-21(27)25-10-7-23-8-11-25/h2,5,14-15,20,23H,3-4,6-12H2,1H3/t14?,15-,20+,22+/m1/s1. The lowest BCUT2D eigenvalue weighted by Crippen LogP contribution is -2.65. The van der Waals surface area contributed by atoms with Crippen LogP contribution < -0.4 is 14.8 Å². The molecule has 0 aromatic heterocycles. The number of piperazine rings is 1. The van der Waals surface area contributed by atoms with Crippen LogP contribution in [0.5, 0.6) is 11.5 Å². The second kappa shape index (κ2) is 6.19. The molecule has 1 aromatic carbocycles. The third-order valence-electron chi connectivity index (χ3n) is 7.94. The molecule has 5 aliphatic rings. The van der Waals surface area contributed by atoms with E-state index >= 15 is 0 Å². The first kappa shape index (κ1) is 17.7. The Labute approximate surface area is 170 Å². The van der Waals surface area contributed by atoms with Crippen LogP contribution in [-0.2, 0) is 16.6 Å². The molecule has 7 heteroatoms. The summed E-state index contributed by atoms with van der Waals surface area (Å²) in [6, 6.07) is 4.41. The highest BCUT2D eigenvalue weighted by Crippen LogP contribution is 2.63. The van der Waals surface area contributed by atoms with E-state index in [1.165, 1.54) is 5.56 Å². The van der Waals surface area contributed by atoms with Crippen molar-refractivity contribution in [3.63, 3.8) is 0 Å². The number of ketones is 1. The van der Waals surface area contributed by atoms with Crippen LogP contribution in [0.2, 0.25) is 0 Å². The number of carbonyl (C=O) groups excluding carboxylic acids is 2. The fourth-order valence-corrected chi connectivity index (χ4v) is 6.60. The first-order valence-electron chi connectivity index (χ1n) is 10.8. The SMILES string of the molecule is CN1CC[C@]23c4c5ccc(OC(=O)N6CCNCC6)c4O[C@H]2C(=O)CCC3[C@H]1C5. The number of nitrogens with zero attached hydrogens (tertiary/aromatic N) is 2. The molecule has 0 radical (unpaired) electrons. The number of hydrogen-bond acceptors (Lipinski definition) is 6. The lowest BCUT2D eigenvalue weighted by atomic mass is 9.52. The van der Waals surface area contributed by atoms with E-state index in [9.17, 15) is 9.59 Å². The topological polar surface area (TPSA) is 71.1 Å². The van der Waals surface area contributed by atoms with Gasteiger partial charge in [-0.2, -0.15) is 0 Å². The minimum atomic E-state index is -0.425. The maximum Gasteiger partial charge on any atom is 0.415 e. The number of hydrogen-bond donors (Lipinski definition) is 1. The van der Waals surface area contributed by atoms with Gasteiger partial charge in [0.05, 0.1) is 0 Å². The van der Waals surface area contributed by atoms with E-state index in [4.69, 9.17) is 9.47 Å². The molecule has 4 atom stereocenters. The van der Waals surface area contributed by atoms with E-state index in [1.54, 1.807) is 4.90 Å². The molecule has 6 rings (SSSR count). The van der Waals surface area contributed by atoms with E-state index in [0.29, 0.717) is 43.0 Å². The summed E-state index contributed by atoms with van der Waals surface area (Å²) in [5.74, 6) is 1.75. The number of amides is 1. The van der Waals surface area contributed by atoms with Gasteiger partial charge in [-0.3, -0.25) is 4.79 Å². The third-order valence-corrected chi connectivity index (χ3v) is 7.94. The molecule has 2 saturated heterocycles. The van der Waals surface area contributed by atoms with Crippen LogP contribution in [0.1, 0.15) is 30.4 Å². The summed E-state index contributed by atoms with van der Waals surface area (Å²) in [4.78, 5) is 29.8. The average Bonchev–Trinajstić information content (AvgIpc) is 3.10. The summed E-state index contributed by atoms with van der Waals surface area (Å²) < 4.78 is 12.2. The van der Waals surface area contributed by atoms with E-state index in [-0.39, 0.29) is 17.3 Å². The van der Waals surface area contributed by atoms with Crippen molar-refractivity contribution < 1.29 is 19.1 Å². The van der Waals surface area contributed by atoms with Gasteiger partial charge in [0.15, 0.2) is 23.4 Å². The zero-order valence-electron chi connectivity index (χ0n) is 16.8.